The van der Waals surface area contributed by atoms with Gasteiger partial charge >= 0.3 is 0 Å². The molecule has 0 radical (unpaired) electrons. The Balaban J connectivity index is 1.44. The molecule has 122 valence electrons. The molecule has 5 rings (SSSR count). The lowest BCUT2D eigenvalue weighted by atomic mass is 9.89. The quantitative estimate of drug-likeness (QED) is 0.778. The second-order valence-corrected chi connectivity index (χ2v) is 6.76. The van der Waals surface area contributed by atoms with Gasteiger partial charge in [-0.2, -0.15) is 0 Å². The summed E-state index contributed by atoms with van der Waals surface area (Å²) in [7, 11) is 0. The van der Waals surface area contributed by atoms with Gasteiger partial charge in [-0.3, -0.25) is 9.69 Å². The van der Waals surface area contributed by atoms with Gasteiger partial charge in [-0.15, -0.1) is 0 Å². The standard InChI is InChI=1S/C19H19N3O2/c23-19-15(2-1-5-20-19)12-3-4-16-17(7-21-18(16)6-12)13-8-22(9-13)14-10-24-11-14/h1-7,13-14,21H,8-11H2,(H,20,23). The summed E-state index contributed by atoms with van der Waals surface area (Å²) in [5.41, 5.74) is 4.07. The lowest BCUT2D eigenvalue weighted by Gasteiger charge is -2.47. The summed E-state index contributed by atoms with van der Waals surface area (Å²) < 4.78 is 5.28. The molecular formula is C19H19N3O2. The van der Waals surface area contributed by atoms with Crippen LogP contribution in [0.4, 0.5) is 0 Å². The van der Waals surface area contributed by atoms with Crippen LogP contribution in [0, 0.1) is 0 Å². The molecule has 5 nitrogen and oxygen atoms in total. The first-order valence-electron chi connectivity index (χ1n) is 8.40. The van der Waals surface area contributed by atoms with E-state index in [2.05, 4.69) is 33.2 Å². The molecule has 0 spiro atoms. The van der Waals surface area contributed by atoms with E-state index in [9.17, 15) is 4.79 Å². The third-order valence-electron chi connectivity index (χ3n) is 5.33. The van der Waals surface area contributed by atoms with Gasteiger partial charge in [0.15, 0.2) is 0 Å². The van der Waals surface area contributed by atoms with E-state index in [-0.39, 0.29) is 5.56 Å². The molecule has 0 aliphatic carbocycles. The number of hydrogen-bond acceptors (Lipinski definition) is 3. The molecule has 3 aromatic rings. The molecule has 0 bridgehead atoms. The first kappa shape index (κ1) is 14.0. The summed E-state index contributed by atoms with van der Waals surface area (Å²) in [5, 5.41) is 1.26. The Kier molecular flexibility index (Phi) is 3.11. The van der Waals surface area contributed by atoms with Gasteiger partial charge in [-0.25, -0.2) is 0 Å². The van der Waals surface area contributed by atoms with Gasteiger partial charge in [0.05, 0.1) is 19.3 Å². The number of H-pyrrole nitrogens is 2. The molecule has 2 aliphatic heterocycles. The minimum Gasteiger partial charge on any atom is -0.378 e. The van der Waals surface area contributed by atoms with Crippen molar-refractivity contribution in [1.82, 2.24) is 14.9 Å². The third-order valence-corrected chi connectivity index (χ3v) is 5.33. The minimum absolute atomic E-state index is 0.0546. The Bertz CT molecular complexity index is 948. The fourth-order valence-corrected chi connectivity index (χ4v) is 3.74. The van der Waals surface area contributed by atoms with Crippen LogP contribution in [0.15, 0.2) is 47.5 Å². The number of fused-ring (bicyclic) bond motifs is 1. The number of hydrogen-bond donors (Lipinski definition) is 2. The van der Waals surface area contributed by atoms with Crippen LogP contribution < -0.4 is 5.56 Å². The van der Waals surface area contributed by atoms with Crippen LogP contribution in [0.2, 0.25) is 0 Å². The number of rotatable bonds is 3. The number of benzene rings is 1. The van der Waals surface area contributed by atoms with E-state index in [1.807, 2.05) is 18.2 Å². The van der Waals surface area contributed by atoms with E-state index in [0.717, 1.165) is 37.4 Å². The van der Waals surface area contributed by atoms with Crippen LogP contribution in [-0.2, 0) is 4.74 Å². The highest BCUT2D eigenvalue weighted by molar-refractivity contribution is 5.88. The number of pyridine rings is 1. The third kappa shape index (κ3) is 2.12. The average molecular weight is 321 g/mol. The van der Waals surface area contributed by atoms with E-state index in [1.54, 1.807) is 6.20 Å². The summed E-state index contributed by atoms with van der Waals surface area (Å²) in [6, 6.07) is 10.6. The number of nitrogens with one attached hydrogen (secondary N) is 2. The van der Waals surface area contributed by atoms with Crippen molar-refractivity contribution in [1.29, 1.82) is 0 Å². The van der Waals surface area contributed by atoms with Gasteiger partial charge in [0.2, 0.25) is 0 Å². The Morgan fingerprint density at radius 2 is 2.00 bits per heavy atom. The molecule has 2 fully saturated rings. The number of nitrogens with zero attached hydrogens (tertiary/aromatic N) is 1. The highest BCUT2D eigenvalue weighted by Crippen LogP contribution is 2.35. The maximum absolute atomic E-state index is 12.0. The second-order valence-electron chi connectivity index (χ2n) is 6.76. The van der Waals surface area contributed by atoms with E-state index in [0.29, 0.717) is 17.5 Å². The van der Waals surface area contributed by atoms with E-state index in [4.69, 9.17) is 4.74 Å². The fraction of sp³-hybridized carbons (Fsp3) is 0.316. The van der Waals surface area contributed by atoms with Crippen LogP contribution in [-0.4, -0.2) is 47.2 Å². The molecule has 1 aromatic carbocycles. The van der Waals surface area contributed by atoms with Gasteiger partial charge in [-0.05, 0) is 29.3 Å². The fourth-order valence-electron chi connectivity index (χ4n) is 3.74. The zero-order valence-corrected chi connectivity index (χ0v) is 13.3. The second kappa shape index (κ2) is 5.33. The topological polar surface area (TPSA) is 61.1 Å². The maximum atomic E-state index is 12.0. The molecule has 2 aromatic heterocycles. The molecular weight excluding hydrogens is 302 g/mol. The molecule has 5 heteroatoms. The predicted octanol–water partition coefficient (Wildman–Crippen LogP) is 2.32. The van der Waals surface area contributed by atoms with E-state index in [1.165, 1.54) is 10.9 Å². The summed E-state index contributed by atoms with van der Waals surface area (Å²) in [4.78, 5) is 20.6. The first-order chi connectivity index (χ1) is 11.8. The van der Waals surface area contributed by atoms with Crippen molar-refractivity contribution in [3.05, 3.63) is 58.6 Å². The van der Waals surface area contributed by atoms with Gasteiger partial charge in [-0.1, -0.05) is 12.1 Å². The number of aromatic nitrogens is 2. The molecule has 0 atom stereocenters. The molecule has 0 unspecified atom stereocenters. The zero-order chi connectivity index (χ0) is 16.1. The SMILES string of the molecule is O=c1[nH]cccc1-c1ccc2c(C3CN(C4COC4)C3)c[nH]c2c1. The van der Waals surface area contributed by atoms with Crippen LogP contribution >= 0.6 is 0 Å². The van der Waals surface area contributed by atoms with Crippen molar-refractivity contribution in [2.75, 3.05) is 26.3 Å². The van der Waals surface area contributed by atoms with Crippen molar-refractivity contribution in [3.63, 3.8) is 0 Å². The normalized spacial score (nSPS) is 19.3. The largest absolute Gasteiger partial charge is 0.378 e. The van der Waals surface area contributed by atoms with Crippen molar-refractivity contribution in [2.45, 2.75) is 12.0 Å². The lowest BCUT2D eigenvalue weighted by Crippen LogP contribution is -2.58. The minimum atomic E-state index is -0.0546. The summed E-state index contributed by atoms with van der Waals surface area (Å²) >= 11 is 0. The van der Waals surface area contributed by atoms with Crippen LogP contribution in [0.25, 0.3) is 22.0 Å². The molecule has 0 saturated carbocycles. The molecule has 2 aliphatic rings. The van der Waals surface area contributed by atoms with Crippen LogP contribution in [0.5, 0.6) is 0 Å². The number of likely N-dealkylation sites (tertiary alicyclic amines) is 1. The molecule has 0 amide bonds. The first-order valence-corrected chi connectivity index (χ1v) is 8.40. The van der Waals surface area contributed by atoms with Crippen molar-refractivity contribution in [2.24, 2.45) is 0 Å². The lowest BCUT2D eigenvalue weighted by molar-refractivity contribution is -0.0904. The number of ether oxygens (including phenoxy) is 1. The number of aromatic amines is 2. The summed E-state index contributed by atoms with van der Waals surface area (Å²) in [5.74, 6) is 0.588. The highest BCUT2D eigenvalue weighted by Gasteiger charge is 2.37. The molecule has 2 N–H and O–H groups in total. The summed E-state index contributed by atoms with van der Waals surface area (Å²) in [6.45, 7) is 3.99. The van der Waals surface area contributed by atoms with Crippen LogP contribution in [0.3, 0.4) is 0 Å². The van der Waals surface area contributed by atoms with E-state index < -0.39 is 0 Å². The Morgan fingerprint density at radius 3 is 2.75 bits per heavy atom. The Morgan fingerprint density at radius 1 is 1.12 bits per heavy atom. The predicted molar refractivity (Wildman–Crippen MR) is 93.3 cm³/mol. The van der Waals surface area contributed by atoms with Crippen molar-refractivity contribution >= 4 is 10.9 Å². The Labute approximate surface area is 139 Å². The molecule has 24 heavy (non-hydrogen) atoms. The average Bonchev–Trinajstić information content (AvgIpc) is 2.91. The van der Waals surface area contributed by atoms with E-state index >= 15 is 0 Å². The summed E-state index contributed by atoms with van der Waals surface area (Å²) in [6.07, 6.45) is 3.79. The van der Waals surface area contributed by atoms with Gasteiger partial charge in [0.1, 0.15) is 0 Å². The van der Waals surface area contributed by atoms with Crippen molar-refractivity contribution in [3.8, 4) is 11.1 Å². The highest BCUT2D eigenvalue weighted by atomic mass is 16.5. The van der Waals surface area contributed by atoms with Gasteiger partial charge in [0.25, 0.3) is 5.56 Å². The van der Waals surface area contributed by atoms with Gasteiger partial charge < -0.3 is 14.7 Å². The molecule has 4 heterocycles. The maximum Gasteiger partial charge on any atom is 0.255 e. The Hall–Kier alpha value is -2.37. The van der Waals surface area contributed by atoms with Gasteiger partial charge in [0, 0.05) is 47.9 Å². The zero-order valence-electron chi connectivity index (χ0n) is 13.3. The van der Waals surface area contributed by atoms with Crippen LogP contribution in [0.1, 0.15) is 11.5 Å². The molecule has 2 saturated heterocycles. The monoisotopic (exact) mass is 321 g/mol. The smallest absolute Gasteiger partial charge is 0.255 e. The van der Waals surface area contributed by atoms with Crippen molar-refractivity contribution < 1.29 is 4.74 Å².